The molecule has 88 valence electrons. The second-order valence-electron chi connectivity index (χ2n) is 3.54. The molecular weight excluding hydrogens is 198 g/mol. The summed E-state index contributed by atoms with van der Waals surface area (Å²) in [7, 11) is 3.43. The van der Waals surface area contributed by atoms with E-state index in [0.29, 0.717) is 0 Å². The molecule has 0 aliphatic carbocycles. The molecule has 0 spiro atoms. The van der Waals surface area contributed by atoms with Gasteiger partial charge in [-0.25, -0.2) is 0 Å². The smallest absolute Gasteiger partial charge is 0.0924 e. The molecular formula is C14H21NO. The lowest BCUT2D eigenvalue weighted by molar-refractivity contribution is 0.294. The maximum Gasteiger partial charge on any atom is 0.0924 e. The highest BCUT2D eigenvalue weighted by atomic mass is 16.5. The summed E-state index contributed by atoms with van der Waals surface area (Å²) in [6.45, 7) is 6.02. The number of allylic oxidation sites excluding steroid dienone is 8. The number of nitrogens with zero attached hydrogens (tertiary/aromatic N) is 1. The Morgan fingerprint density at radius 3 is 2.00 bits per heavy atom. The highest BCUT2D eigenvalue weighted by Gasteiger charge is 1.84. The maximum absolute atomic E-state index is 5.04. The van der Waals surface area contributed by atoms with Crippen molar-refractivity contribution in [2.75, 3.05) is 14.2 Å². The van der Waals surface area contributed by atoms with Crippen molar-refractivity contribution < 1.29 is 4.74 Å². The average Bonchev–Trinajstić information content (AvgIpc) is 2.30. The van der Waals surface area contributed by atoms with Gasteiger partial charge in [0.1, 0.15) is 0 Å². The van der Waals surface area contributed by atoms with Gasteiger partial charge in [-0.1, -0.05) is 23.8 Å². The summed E-state index contributed by atoms with van der Waals surface area (Å²) in [5, 5.41) is 0. The zero-order chi connectivity index (χ0) is 12.4. The monoisotopic (exact) mass is 219 g/mol. The van der Waals surface area contributed by atoms with Crippen LogP contribution in [0.3, 0.4) is 0 Å². The van der Waals surface area contributed by atoms with E-state index < -0.39 is 0 Å². The molecule has 0 aliphatic heterocycles. The molecule has 0 N–H and O–H groups in total. The lowest BCUT2D eigenvalue weighted by atomic mass is 10.2. The fraction of sp³-hybridized carbons (Fsp3) is 0.357. The molecule has 0 amide bonds. The van der Waals surface area contributed by atoms with Crippen LogP contribution in [0.2, 0.25) is 0 Å². The third-order valence-electron chi connectivity index (χ3n) is 2.00. The molecule has 0 radical (unpaired) electrons. The summed E-state index contributed by atoms with van der Waals surface area (Å²) in [4.78, 5) is 3.90. The van der Waals surface area contributed by atoms with Crippen LogP contribution in [-0.4, -0.2) is 20.4 Å². The summed E-state index contributed by atoms with van der Waals surface area (Å²) < 4.78 is 5.04. The number of methoxy groups -OCH3 is 1. The van der Waals surface area contributed by atoms with Gasteiger partial charge in [0.15, 0.2) is 0 Å². The SMILES string of the molecule is C\N=C/C=C(C)/C=C/C(C)=C/C=C(\C)OC. The van der Waals surface area contributed by atoms with Crippen molar-refractivity contribution in [2.45, 2.75) is 20.8 Å². The van der Waals surface area contributed by atoms with Gasteiger partial charge in [-0.05, 0) is 38.5 Å². The van der Waals surface area contributed by atoms with Crippen molar-refractivity contribution in [3.63, 3.8) is 0 Å². The molecule has 0 heterocycles. The molecule has 0 aromatic rings. The fourth-order valence-electron chi connectivity index (χ4n) is 0.883. The predicted molar refractivity (Wildman–Crippen MR) is 71.8 cm³/mol. The molecule has 0 bridgehead atoms. The van der Waals surface area contributed by atoms with E-state index in [0.717, 1.165) is 5.76 Å². The molecule has 0 saturated heterocycles. The molecule has 2 nitrogen and oxygen atoms in total. The maximum atomic E-state index is 5.04. The Hall–Kier alpha value is -1.57. The topological polar surface area (TPSA) is 21.6 Å². The van der Waals surface area contributed by atoms with Crippen molar-refractivity contribution in [3.8, 4) is 0 Å². The van der Waals surface area contributed by atoms with Crippen LogP contribution in [0.25, 0.3) is 0 Å². The molecule has 0 atom stereocenters. The van der Waals surface area contributed by atoms with Crippen LogP contribution in [0.5, 0.6) is 0 Å². The van der Waals surface area contributed by atoms with Crippen molar-refractivity contribution >= 4 is 6.21 Å². The van der Waals surface area contributed by atoms with E-state index in [1.807, 2.05) is 32.1 Å². The molecule has 0 saturated carbocycles. The van der Waals surface area contributed by atoms with Gasteiger partial charge in [0, 0.05) is 13.3 Å². The number of hydrogen-bond acceptors (Lipinski definition) is 2. The fourth-order valence-corrected chi connectivity index (χ4v) is 0.883. The van der Waals surface area contributed by atoms with Gasteiger partial charge in [0.25, 0.3) is 0 Å². The molecule has 0 rings (SSSR count). The normalized spacial score (nSPS) is 15.2. The molecule has 0 unspecified atom stereocenters. The highest BCUT2D eigenvalue weighted by Crippen LogP contribution is 2.02. The largest absolute Gasteiger partial charge is 0.501 e. The predicted octanol–water partition coefficient (Wildman–Crippen LogP) is 3.69. The zero-order valence-corrected chi connectivity index (χ0v) is 10.8. The van der Waals surface area contributed by atoms with Crippen molar-refractivity contribution in [3.05, 3.63) is 47.3 Å². The van der Waals surface area contributed by atoms with Crippen LogP contribution in [0.1, 0.15) is 20.8 Å². The Balaban J connectivity index is 4.44. The Bertz CT molecular complexity index is 344. The molecule has 0 aliphatic rings. The first-order valence-electron chi connectivity index (χ1n) is 5.26. The highest BCUT2D eigenvalue weighted by molar-refractivity contribution is 5.72. The summed E-state index contributed by atoms with van der Waals surface area (Å²) >= 11 is 0. The number of aliphatic imine (C=N–C) groups is 1. The third kappa shape index (κ3) is 7.80. The van der Waals surface area contributed by atoms with Gasteiger partial charge in [0.2, 0.25) is 0 Å². The number of rotatable bonds is 5. The third-order valence-corrected chi connectivity index (χ3v) is 2.00. The van der Waals surface area contributed by atoms with Gasteiger partial charge in [-0.15, -0.1) is 0 Å². The van der Waals surface area contributed by atoms with E-state index in [4.69, 9.17) is 4.74 Å². The second-order valence-corrected chi connectivity index (χ2v) is 3.54. The van der Waals surface area contributed by atoms with Crippen LogP contribution >= 0.6 is 0 Å². The van der Waals surface area contributed by atoms with Crippen LogP contribution in [0.15, 0.2) is 52.3 Å². The van der Waals surface area contributed by atoms with Gasteiger partial charge >= 0.3 is 0 Å². The lowest BCUT2D eigenvalue weighted by Crippen LogP contribution is -1.77. The molecule has 0 fully saturated rings. The summed E-state index contributed by atoms with van der Waals surface area (Å²) in [6.07, 6.45) is 11.9. The number of ether oxygens (including phenoxy) is 1. The van der Waals surface area contributed by atoms with Gasteiger partial charge < -0.3 is 4.74 Å². The van der Waals surface area contributed by atoms with Crippen LogP contribution in [0, 0.1) is 0 Å². The van der Waals surface area contributed by atoms with E-state index in [9.17, 15) is 0 Å². The van der Waals surface area contributed by atoms with Crippen LogP contribution in [-0.2, 0) is 4.74 Å². The quantitative estimate of drug-likeness (QED) is 0.392. The lowest BCUT2D eigenvalue weighted by Gasteiger charge is -1.95. The first-order valence-corrected chi connectivity index (χ1v) is 5.26. The summed E-state index contributed by atoms with van der Waals surface area (Å²) in [5.41, 5.74) is 2.35. The Morgan fingerprint density at radius 1 is 0.938 bits per heavy atom. The van der Waals surface area contributed by atoms with E-state index in [1.165, 1.54) is 11.1 Å². The minimum Gasteiger partial charge on any atom is -0.501 e. The second kappa shape index (κ2) is 8.72. The molecule has 0 aromatic heterocycles. The Morgan fingerprint density at radius 2 is 1.50 bits per heavy atom. The summed E-state index contributed by atoms with van der Waals surface area (Å²) in [5.74, 6) is 0.901. The van der Waals surface area contributed by atoms with E-state index in [-0.39, 0.29) is 0 Å². The Labute approximate surface area is 98.7 Å². The van der Waals surface area contributed by atoms with Crippen molar-refractivity contribution in [2.24, 2.45) is 4.99 Å². The summed E-state index contributed by atoms with van der Waals surface area (Å²) in [6, 6.07) is 0. The van der Waals surface area contributed by atoms with Crippen LogP contribution in [0.4, 0.5) is 0 Å². The van der Waals surface area contributed by atoms with Gasteiger partial charge in [-0.2, -0.15) is 0 Å². The van der Waals surface area contributed by atoms with Gasteiger partial charge in [-0.3, -0.25) is 4.99 Å². The van der Waals surface area contributed by atoms with Crippen molar-refractivity contribution in [1.29, 1.82) is 0 Å². The van der Waals surface area contributed by atoms with E-state index in [1.54, 1.807) is 20.4 Å². The van der Waals surface area contributed by atoms with Gasteiger partial charge in [0.05, 0.1) is 12.9 Å². The molecule has 16 heavy (non-hydrogen) atoms. The first kappa shape index (κ1) is 14.4. The molecule has 2 heteroatoms. The average molecular weight is 219 g/mol. The standard InChI is InChI=1S/C14H21NO/c1-12(8-9-14(3)16-5)6-7-13(2)10-11-15-4/h6-11H,1-5H3/b7-6+,12-8+,13-10+,14-9+,15-11-. The van der Waals surface area contributed by atoms with Crippen LogP contribution < -0.4 is 0 Å². The van der Waals surface area contributed by atoms with Crippen molar-refractivity contribution in [1.82, 2.24) is 0 Å². The Kier molecular flexibility index (Phi) is 7.86. The minimum atomic E-state index is 0.901. The number of hydrogen-bond donors (Lipinski definition) is 0. The minimum absolute atomic E-state index is 0.901. The first-order chi connectivity index (χ1) is 7.60. The van der Waals surface area contributed by atoms with E-state index in [2.05, 4.69) is 24.1 Å². The zero-order valence-electron chi connectivity index (χ0n) is 10.8. The molecule has 0 aromatic carbocycles. The van der Waals surface area contributed by atoms with E-state index >= 15 is 0 Å².